The molecule has 0 unspecified atom stereocenters. The Morgan fingerprint density at radius 3 is 2.73 bits per heavy atom. The number of aromatic nitrogens is 1. The predicted octanol–water partition coefficient (Wildman–Crippen LogP) is 1.06. The van der Waals surface area contributed by atoms with Crippen molar-refractivity contribution in [2.75, 3.05) is 33.9 Å². The number of hydrogen-bond donors (Lipinski definition) is 1. The van der Waals surface area contributed by atoms with Crippen molar-refractivity contribution in [2.45, 2.75) is 23.5 Å². The van der Waals surface area contributed by atoms with Gasteiger partial charge in [-0.25, -0.2) is 8.42 Å². The lowest BCUT2D eigenvalue weighted by molar-refractivity contribution is -0.124. The van der Waals surface area contributed by atoms with Crippen LogP contribution in [0.5, 0.6) is 11.5 Å². The smallest absolute Gasteiger partial charge is 0.244 e. The van der Waals surface area contributed by atoms with Crippen LogP contribution < -0.4 is 14.8 Å². The first-order valence-corrected chi connectivity index (χ1v) is 10.9. The molecule has 0 saturated carbocycles. The van der Waals surface area contributed by atoms with Crippen LogP contribution in [-0.4, -0.2) is 69.7 Å². The van der Waals surface area contributed by atoms with Crippen molar-refractivity contribution in [2.24, 2.45) is 0 Å². The zero-order chi connectivity index (χ0) is 21.6. The van der Waals surface area contributed by atoms with Crippen molar-refractivity contribution in [3.05, 3.63) is 48.8 Å². The second-order valence-corrected chi connectivity index (χ2v) is 8.61. The topological polar surface area (TPSA) is 107 Å². The van der Waals surface area contributed by atoms with E-state index in [2.05, 4.69) is 10.3 Å². The number of rotatable bonds is 9. The van der Waals surface area contributed by atoms with Gasteiger partial charge in [0.15, 0.2) is 0 Å². The second kappa shape index (κ2) is 9.88. The van der Waals surface area contributed by atoms with E-state index in [4.69, 9.17) is 14.2 Å². The van der Waals surface area contributed by atoms with Crippen LogP contribution in [0, 0.1) is 0 Å². The van der Waals surface area contributed by atoms with Crippen molar-refractivity contribution in [3.8, 4) is 11.5 Å². The Labute approximate surface area is 176 Å². The average Bonchev–Trinajstić information content (AvgIpc) is 3.19. The van der Waals surface area contributed by atoms with Crippen molar-refractivity contribution in [3.63, 3.8) is 0 Å². The number of nitrogens with zero attached hydrogens (tertiary/aromatic N) is 2. The molecule has 162 valence electrons. The number of pyridine rings is 1. The van der Waals surface area contributed by atoms with E-state index in [1.54, 1.807) is 36.7 Å². The SMILES string of the molecule is COCCNC(=O)[C@@H]1C[C@H](Oc2cccnc2)CN1S(=O)(=O)c1cccc(OC)c1. The molecule has 1 aliphatic heterocycles. The normalized spacial score (nSPS) is 19.4. The molecule has 1 aromatic heterocycles. The highest BCUT2D eigenvalue weighted by atomic mass is 32.2. The maximum Gasteiger partial charge on any atom is 0.244 e. The molecule has 0 bridgehead atoms. The molecule has 1 aliphatic rings. The highest BCUT2D eigenvalue weighted by molar-refractivity contribution is 7.89. The summed E-state index contributed by atoms with van der Waals surface area (Å²) in [4.78, 5) is 16.8. The fourth-order valence-electron chi connectivity index (χ4n) is 3.26. The van der Waals surface area contributed by atoms with Crippen LogP contribution in [0.25, 0.3) is 0 Å². The maximum absolute atomic E-state index is 13.3. The molecule has 0 spiro atoms. The summed E-state index contributed by atoms with van der Waals surface area (Å²) in [7, 11) is -0.965. The Hall–Kier alpha value is -2.69. The minimum atomic E-state index is -3.96. The molecule has 10 heteroatoms. The fraction of sp³-hybridized carbons (Fsp3) is 0.400. The molecule has 2 atom stereocenters. The lowest BCUT2D eigenvalue weighted by Crippen LogP contribution is -2.46. The summed E-state index contributed by atoms with van der Waals surface area (Å²) in [5, 5.41) is 2.72. The summed E-state index contributed by atoms with van der Waals surface area (Å²) >= 11 is 0. The van der Waals surface area contributed by atoms with Crippen LogP contribution >= 0.6 is 0 Å². The third-order valence-electron chi connectivity index (χ3n) is 4.71. The number of carbonyl (C=O) groups is 1. The number of hydrogen-bond acceptors (Lipinski definition) is 7. The van der Waals surface area contributed by atoms with E-state index in [1.165, 1.54) is 30.7 Å². The van der Waals surface area contributed by atoms with Gasteiger partial charge < -0.3 is 19.5 Å². The first-order valence-electron chi connectivity index (χ1n) is 9.45. The molecule has 2 aromatic rings. The van der Waals surface area contributed by atoms with Gasteiger partial charge in [0.05, 0.1) is 31.4 Å². The fourth-order valence-corrected chi connectivity index (χ4v) is 4.92. The van der Waals surface area contributed by atoms with Gasteiger partial charge in [-0.15, -0.1) is 0 Å². The summed E-state index contributed by atoms with van der Waals surface area (Å²) in [6.07, 6.45) is 2.89. The van der Waals surface area contributed by atoms with Crippen molar-refractivity contribution >= 4 is 15.9 Å². The maximum atomic E-state index is 13.3. The summed E-state index contributed by atoms with van der Waals surface area (Å²) in [6.45, 7) is 0.653. The van der Waals surface area contributed by atoms with Crippen molar-refractivity contribution in [1.82, 2.24) is 14.6 Å². The number of sulfonamides is 1. The number of benzene rings is 1. The minimum absolute atomic E-state index is 0.0385. The zero-order valence-corrected chi connectivity index (χ0v) is 17.7. The Bertz CT molecular complexity index is 954. The Morgan fingerprint density at radius 2 is 2.03 bits per heavy atom. The second-order valence-electron chi connectivity index (χ2n) is 6.72. The lowest BCUT2D eigenvalue weighted by atomic mass is 10.2. The molecule has 3 rings (SSSR count). The van der Waals surface area contributed by atoms with Crippen LogP contribution in [0.2, 0.25) is 0 Å². The number of amides is 1. The third kappa shape index (κ3) is 5.07. The highest BCUT2D eigenvalue weighted by Gasteiger charge is 2.45. The molecular formula is C20H25N3O6S. The number of carbonyl (C=O) groups excluding carboxylic acids is 1. The van der Waals surface area contributed by atoms with Gasteiger partial charge >= 0.3 is 0 Å². The monoisotopic (exact) mass is 435 g/mol. The Morgan fingerprint density at radius 1 is 1.23 bits per heavy atom. The molecule has 1 aromatic carbocycles. The van der Waals surface area contributed by atoms with E-state index in [0.29, 0.717) is 18.1 Å². The average molecular weight is 436 g/mol. The van der Waals surface area contributed by atoms with Gasteiger partial charge in [-0.3, -0.25) is 9.78 Å². The van der Waals surface area contributed by atoms with Gasteiger partial charge in [-0.05, 0) is 24.3 Å². The predicted molar refractivity (Wildman–Crippen MR) is 109 cm³/mol. The van der Waals surface area contributed by atoms with Gasteiger partial charge in [0, 0.05) is 32.3 Å². The van der Waals surface area contributed by atoms with E-state index in [0.717, 1.165) is 0 Å². The molecule has 1 fully saturated rings. The number of nitrogens with one attached hydrogen (secondary N) is 1. The van der Waals surface area contributed by atoms with Crippen LogP contribution in [0.1, 0.15) is 6.42 Å². The molecule has 1 N–H and O–H groups in total. The van der Waals surface area contributed by atoms with Gasteiger partial charge in [-0.1, -0.05) is 6.07 Å². The third-order valence-corrected chi connectivity index (χ3v) is 6.58. The molecule has 1 amide bonds. The van der Waals surface area contributed by atoms with Gasteiger partial charge in [0.25, 0.3) is 0 Å². The molecule has 1 saturated heterocycles. The number of ether oxygens (including phenoxy) is 3. The largest absolute Gasteiger partial charge is 0.497 e. The van der Waals surface area contributed by atoms with Gasteiger partial charge in [0.1, 0.15) is 23.6 Å². The summed E-state index contributed by atoms with van der Waals surface area (Å²) in [6, 6.07) is 8.73. The van der Waals surface area contributed by atoms with Gasteiger partial charge in [-0.2, -0.15) is 4.31 Å². The summed E-state index contributed by atoms with van der Waals surface area (Å²) in [5.41, 5.74) is 0. The summed E-state index contributed by atoms with van der Waals surface area (Å²) < 4.78 is 43.9. The van der Waals surface area contributed by atoms with Crippen LogP contribution in [0.4, 0.5) is 0 Å². The first-order chi connectivity index (χ1) is 14.5. The quantitative estimate of drug-likeness (QED) is 0.587. The molecule has 30 heavy (non-hydrogen) atoms. The van der Waals surface area contributed by atoms with Crippen LogP contribution in [-0.2, 0) is 19.6 Å². The molecule has 0 aliphatic carbocycles. The van der Waals surface area contributed by atoms with E-state index in [-0.39, 0.29) is 24.4 Å². The molecular weight excluding hydrogens is 410 g/mol. The minimum Gasteiger partial charge on any atom is -0.497 e. The standard InChI is InChI=1S/C20H25N3O6S/c1-27-10-9-22-20(24)19-12-17(29-16-6-4-8-21-13-16)14-23(19)30(25,26)18-7-3-5-15(11-18)28-2/h3-8,11,13,17,19H,9-10,12,14H2,1-2H3,(H,22,24)/t17-,19-/m0/s1. The van der Waals surface area contributed by atoms with Crippen molar-refractivity contribution < 1.29 is 27.4 Å². The Kier molecular flexibility index (Phi) is 7.24. The molecule has 0 radical (unpaired) electrons. The lowest BCUT2D eigenvalue weighted by Gasteiger charge is -2.23. The van der Waals surface area contributed by atoms with E-state index in [1.807, 2.05) is 0 Å². The molecule has 2 heterocycles. The first kappa shape index (κ1) is 22.0. The van der Waals surface area contributed by atoms with E-state index in [9.17, 15) is 13.2 Å². The van der Waals surface area contributed by atoms with Crippen LogP contribution in [0.3, 0.4) is 0 Å². The number of methoxy groups -OCH3 is 2. The highest BCUT2D eigenvalue weighted by Crippen LogP contribution is 2.30. The Balaban J connectivity index is 1.85. The van der Waals surface area contributed by atoms with E-state index >= 15 is 0 Å². The van der Waals surface area contributed by atoms with E-state index < -0.39 is 28.1 Å². The zero-order valence-electron chi connectivity index (χ0n) is 16.9. The molecule has 9 nitrogen and oxygen atoms in total. The van der Waals surface area contributed by atoms with Crippen molar-refractivity contribution in [1.29, 1.82) is 0 Å². The van der Waals surface area contributed by atoms with Crippen LogP contribution in [0.15, 0.2) is 53.7 Å². The van der Waals surface area contributed by atoms with Gasteiger partial charge in [0.2, 0.25) is 15.9 Å². The summed E-state index contributed by atoms with van der Waals surface area (Å²) in [5.74, 6) is 0.539.